The van der Waals surface area contributed by atoms with Crippen LogP contribution in [0, 0.1) is 0 Å². The summed E-state index contributed by atoms with van der Waals surface area (Å²) in [4.78, 5) is 19.4. The Morgan fingerprint density at radius 2 is 2.25 bits per heavy atom. The molecule has 1 unspecified atom stereocenters. The minimum absolute atomic E-state index is 0.139. The van der Waals surface area contributed by atoms with Crippen molar-refractivity contribution in [3.8, 4) is 0 Å². The molecule has 2 heterocycles. The summed E-state index contributed by atoms with van der Waals surface area (Å²) in [5, 5.41) is 28.8. The molecule has 0 aliphatic carbocycles. The molecule has 0 aromatic carbocycles. The quantitative estimate of drug-likeness (QED) is 0.491. The van der Waals surface area contributed by atoms with Gasteiger partial charge in [-0.2, -0.15) is 0 Å². The van der Waals surface area contributed by atoms with Gasteiger partial charge in [0.05, 0.1) is 12.9 Å². The lowest BCUT2D eigenvalue weighted by Crippen LogP contribution is -2.33. The van der Waals surface area contributed by atoms with Crippen molar-refractivity contribution in [1.82, 2.24) is 9.55 Å². The van der Waals surface area contributed by atoms with Crippen molar-refractivity contribution in [2.45, 2.75) is 37.9 Å². The van der Waals surface area contributed by atoms with E-state index in [1.165, 1.54) is 10.9 Å². The largest absolute Gasteiger partial charge is 0.394 e. The first kappa shape index (κ1) is 14.8. The third-order valence-electron chi connectivity index (χ3n) is 3.29. The standard InChI is InChI=1S/C12H17N3O5/c1-3-6(17)8-11(13-2)15(5-14-8)12-10(19)9(18)7(4-16)20-12/h5,7,9-10,12,16,18-19H,2-4H2,1H3/t7-,9?,10+,12-/m1/s1. The van der Waals surface area contributed by atoms with E-state index in [4.69, 9.17) is 9.84 Å². The fourth-order valence-electron chi connectivity index (χ4n) is 2.17. The molecule has 8 nitrogen and oxygen atoms in total. The zero-order chi connectivity index (χ0) is 14.9. The number of hydrogen-bond acceptors (Lipinski definition) is 7. The third kappa shape index (κ3) is 2.27. The lowest BCUT2D eigenvalue weighted by atomic mass is 10.1. The number of carbonyl (C=O) groups is 1. The van der Waals surface area contributed by atoms with E-state index in [9.17, 15) is 15.0 Å². The Morgan fingerprint density at radius 3 is 2.75 bits per heavy atom. The minimum Gasteiger partial charge on any atom is -0.394 e. The number of rotatable bonds is 5. The van der Waals surface area contributed by atoms with Gasteiger partial charge in [0.1, 0.15) is 18.3 Å². The second kappa shape index (κ2) is 5.80. The molecule has 0 spiro atoms. The van der Waals surface area contributed by atoms with Gasteiger partial charge in [0.25, 0.3) is 0 Å². The highest BCUT2D eigenvalue weighted by Gasteiger charge is 2.44. The molecule has 20 heavy (non-hydrogen) atoms. The van der Waals surface area contributed by atoms with E-state index in [1.807, 2.05) is 0 Å². The third-order valence-corrected chi connectivity index (χ3v) is 3.29. The molecular weight excluding hydrogens is 266 g/mol. The number of aliphatic imine (C=N–C) groups is 1. The number of aromatic nitrogens is 2. The number of Topliss-reactive ketones (excluding diaryl/α,β-unsaturated/α-hetero) is 1. The van der Waals surface area contributed by atoms with Gasteiger partial charge in [-0.15, -0.1) is 0 Å². The zero-order valence-corrected chi connectivity index (χ0v) is 11.0. The molecule has 4 atom stereocenters. The van der Waals surface area contributed by atoms with Crippen LogP contribution in [-0.2, 0) is 4.74 Å². The van der Waals surface area contributed by atoms with Gasteiger partial charge < -0.3 is 20.1 Å². The second-order valence-electron chi connectivity index (χ2n) is 4.49. The first-order valence-corrected chi connectivity index (χ1v) is 6.24. The number of nitrogens with zero attached hydrogens (tertiary/aromatic N) is 3. The monoisotopic (exact) mass is 283 g/mol. The summed E-state index contributed by atoms with van der Waals surface area (Å²) in [7, 11) is 0. The molecule has 8 heteroatoms. The van der Waals surface area contributed by atoms with Crippen LogP contribution < -0.4 is 0 Å². The molecule has 3 N–H and O–H groups in total. The highest BCUT2D eigenvalue weighted by molar-refractivity contribution is 5.98. The van der Waals surface area contributed by atoms with Gasteiger partial charge in [-0.05, 0) is 6.72 Å². The van der Waals surface area contributed by atoms with Gasteiger partial charge in [-0.3, -0.25) is 9.36 Å². The summed E-state index contributed by atoms with van der Waals surface area (Å²) in [5.74, 6) is -0.0374. The number of ketones is 1. The van der Waals surface area contributed by atoms with E-state index in [1.54, 1.807) is 6.92 Å². The molecule has 0 radical (unpaired) electrons. The van der Waals surface area contributed by atoms with Crippen LogP contribution >= 0.6 is 0 Å². The maximum Gasteiger partial charge on any atom is 0.184 e. The molecule has 1 aliphatic rings. The van der Waals surface area contributed by atoms with E-state index in [2.05, 4.69) is 16.7 Å². The first-order valence-electron chi connectivity index (χ1n) is 6.24. The van der Waals surface area contributed by atoms with Gasteiger partial charge in [-0.25, -0.2) is 9.98 Å². The Kier molecular flexibility index (Phi) is 4.29. The topological polar surface area (TPSA) is 117 Å². The average molecular weight is 283 g/mol. The number of hydrogen-bond donors (Lipinski definition) is 3. The lowest BCUT2D eigenvalue weighted by molar-refractivity contribution is -0.0519. The average Bonchev–Trinajstić information content (AvgIpc) is 3.00. The molecule has 1 aromatic heterocycles. The summed E-state index contributed by atoms with van der Waals surface area (Å²) >= 11 is 0. The van der Waals surface area contributed by atoms with Crippen molar-refractivity contribution >= 4 is 18.3 Å². The van der Waals surface area contributed by atoms with Crippen molar-refractivity contribution in [3.05, 3.63) is 12.0 Å². The summed E-state index contributed by atoms with van der Waals surface area (Å²) in [5.41, 5.74) is 0.139. The van der Waals surface area contributed by atoms with E-state index in [-0.39, 0.29) is 23.7 Å². The fourth-order valence-corrected chi connectivity index (χ4v) is 2.17. The van der Waals surface area contributed by atoms with Gasteiger partial charge in [-0.1, -0.05) is 6.92 Å². The highest BCUT2D eigenvalue weighted by Crippen LogP contribution is 2.33. The Labute approximate surface area is 115 Å². The SMILES string of the molecule is C=Nc1c(C(=O)CC)ncn1[C@@H]1O[C@H](CO)C(O)[C@@H]1O. The molecule has 0 bridgehead atoms. The minimum atomic E-state index is -1.26. The second-order valence-corrected chi connectivity index (χ2v) is 4.49. The first-order chi connectivity index (χ1) is 9.54. The Hall–Kier alpha value is -1.61. The Morgan fingerprint density at radius 1 is 1.55 bits per heavy atom. The van der Waals surface area contributed by atoms with Crippen molar-refractivity contribution in [2.75, 3.05) is 6.61 Å². The maximum absolute atomic E-state index is 11.7. The van der Waals surface area contributed by atoms with Crippen LogP contribution in [0.4, 0.5) is 5.82 Å². The molecule has 0 saturated carbocycles. The molecule has 110 valence electrons. The number of aliphatic hydroxyl groups excluding tert-OH is 3. The van der Waals surface area contributed by atoms with Crippen molar-refractivity contribution in [3.63, 3.8) is 0 Å². The van der Waals surface area contributed by atoms with E-state index < -0.39 is 31.1 Å². The maximum atomic E-state index is 11.7. The van der Waals surface area contributed by atoms with Crippen molar-refractivity contribution in [2.24, 2.45) is 4.99 Å². The Bertz CT molecular complexity index is 515. The van der Waals surface area contributed by atoms with Crippen molar-refractivity contribution < 1.29 is 24.9 Å². The Balaban J connectivity index is 2.37. The van der Waals surface area contributed by atoms with Crippen LogP contribution in [0.15, 0.2) is 11.3 Å². The molecular formula is C12H17N3O5. The number of imidazole rings is 1. The number of aliphatic hydroxyl groups is 3. The predicted octanol–water partition coefficient (Wildman–Crippen LogP) is -0.581. The van der Waals surface area contributed by atoms with E-state index >= 15 is 0 Å². The molecule has 1 aromatic rings. The molecule has 2 rings (SSSR count). The zero-order valence-electron chi connectivity index (χ0n) is 11.0. The van der Waals surface area contributed by atoms with Crippen LogP contribution in [0.1, 0.15) is 30.1 Å². The van der Waals surface area contributed by atoms with Crippen LogP contribution in [0.25, 0.3) is 0 Å². The number of carbonyl (C=O) groups excluding carboxylic acids is 1. The highest BCUT2D eigenvalue weighted by atomic mass is 16.6. The summed E-state index contributed by atoms with van der Waals surface area (Å²) in [6, 6.07) is 0. The normalized spacial score (nSPS) is 29.6. The van der Waals surface area contributed by atoms with Crippen LogP contribution in [-0.4, -0.2) is 62.3 Å². The molecule has 1 aliphatic heterocycles. The molecule has 1 saturated heterocycles. The van der Waals surface area contributed by atoms with E-state index in [0.717, 1.165) is 0 Å². The lowest BCUT2D eigenvalue weighted by Gasteiger charge is -2.17. The summed E-state index contributed by atoms with van der Waals surface area (Å²) < 4.78 is 6.70. The van der Waals surface area contributed by atoms with Crippen LogP contribution in [0.2, 0.25) is 0 Å². The van der Waals surface area contributed by atoms with Crippen molar-refractivity contribution in [1.29, 1.82) is 0 Å². The predicted molar refractivity (Wildman–Crippen MR) is 69.1 cm³/mol. The van der Waals surface area contributed by atoms with Gasteiger partial charge in [0, 0.05) is 6.42 Å². The van der Waals surface area contributed by atoms with Gasteiger partial charge in [0.15, 0.2) is 23.5 Å². The van der Waals surface area contributed by atoms with Gasteiger partial charge >= 0.3 is 0 Å². The smallest absolute Gasteiger partial charge is 0.184 e. The fraction of sp³-hybridized carbons (Fsp3) is 0.583. The number of ether oxygens (including phenoxy) is 1. The van der Waals surface area contributed by atoms with Crippen LogP contribution in [0.5, 0.6) is 0 Å². The molecule has 1 fully saturated rings. The molecule has 0 amide bonds. The van der Waals surface area contributed by atoms with E-state index in [0.29, 0.717) is 0 Å². The summed E-state index contributed by atoms with van der Waals surface area (Å²) in [6.45, 7) is 4.65. The van der Waals surface area contributed by atoms with Gasteiger partial charge in [0.2, 0.25) is 0 Å². The summed E-state index contributed by atoms with van der Waals surface area (Å²) in [6.07, 6.45) is -2.81. The van der Waals surface area contributed by atoms with Crippen LogP contribution in [0.3, 0.4) is 0 Å².